The molecule has 0 aliphatic rings. The number of ether oxygens (including phenoxy) is 1. The van der Waals surface area contributed by atoms with E-state index in [0.717, 1.165) is 11.5 Å². The number of hydrogen-bond donors (Lipinski definition) is 1. The second-order valence-electron chi connectivity index (χ2n) is 5.71. The molecule has 0 bridgehead atoms. The molecular formula is C20H25NO2S. The number of amides is 1. The minimum Gasteiger partial charge on any atom is -0.481 e. The number of rotatable bonds is 8. The van der Waals surface area contributed by atoms with E-state index in [4.69, 9.17) is 4.74 Å². The number of thioether (sulfide) groups is 1. The quantitative estimate of drug-likeness (QED) is 0.571. The van der Waals surface area contributed by atoms with Crippen LogP contribution in [0.25, 0.3) is 0 Å². The number of carbonyl (C=O) groups excluding carboxylic acids is 1. The molecule has 2 aromatic rings. The van der Waals surface area contributed by atoms with Crippen molar-refractivity contribution in [3.05, 3.63) is 59.7 Å². The van der Waals surface area contributed by atoms with E-state index in [0.29, 0.717) is 13.0 Å². The monoisotopic (exact) mass is 343 g/mol. The Labute approximate surface area is 148 Å². The standard InChI is InChI=1S/C20H25NO2S/c1-4-19(23-17-11-10-15(2)16(3)14-17)20(22)21-12-13-24-18-8-6-5-7-9-18/h5-11,14,19H,4,12-13H2,1-3H3,(H,21,22). The lowest BCUT2D eigenvalue weighted by molar-refractivity contribution is -0.127. The van der Waals surface area contributed by atoms with Crippen molar-refractivity contribution in [1.82, 2.24) is 5.32 Å². The summed E-state index contributed by atoms with van der Waals surface area (Å²) >= 11 is 1.73. The van der Waals surface area contributed by atoms with Crippen LogP contribution in [-0.4, -0.2) is 24.3 Å². The number of nitrogens with one attached hydrogen (secondary N) is 1. The molecule has 0 saturated carbocycles. The molecule has 3 nitrogen and oxygen atoms in total. The van der Waals surface area contributed by atoms with Crippen molar-refractivity contribution in [3.8, 4) is 5.75 Å². The summed E-state index contributed by atoms with van der Waals surface area (Å²) in [5.41, 5.74) is 2.39. The Kier molecular flexibility index (Phi) is 7.19. The lowest BCUT2D eigenvalue weighted by atomic mass is 10.1. The van der Waals surface area contributed by atoms with Gasteiger partial charge in [0.25, 0.3) is 5.91 Å². The second kappa shape index (κ2) is 9.38. The van der Waals surface area contributed by atoms with E-state index in [9.17, 15) is 4.79 Å². The highest BCUT2D eigenvalue weighted by Gasteiger charge is 2.18. The number of carbonyl (C=O) groups is 1. The molecule has 0 heterocycles. The topological polar surface area (TPSA) is 38.3 Å². The SMILES string of the molecule is CCC(Oc1ccc(C)c(C)c1)C(=O)NCCSc1ccccc1. The molecule has 0 aliphatic carbocycles. The van der Waals surface area contributed by atoms with E-state index < -0.39 is 6.10 Å². The summed E-state index contributed by atoms with van der Waals surface area (Å²) < 4.78 is 5.86. The molecule has 128 valence electrons. The van der Waals surface area contributed by atoms with Crippen molar-refractivity contribution in [2.45, 2.75) is 38.2 Å². The third kappa shape index (κ3) is 5.60. The predicted octanol–water partition coefficient (Wildman–Crippen LogP) is 4.37. The van der Waals surface area contributed by atoms with Crippen molar-refractivity contribution >= 4 is 17.7 Å². The maximum absolute atomic E-state index is 12.3. The van der Waals surface area contributed by atoms with Crippen LogP contribution in [0.1, 0.15) is 24.5 Å². The average molecular weight is 343 g/mol. The molecule has 0 radical (unpaired) electrons. The van der Waals surface area contributed by atoms with Crippen LogP contribution in [0.3, 0.4) is 0 Å². The third-order valence-electron chi connectivity index (χ3n) is 3.83. The zero-order valence-electron chi connectivity index (χ0n) is 14.5. The summed E-state index contributed by atoms with van der Waals surface area (Å²) in [5, 5.41) is 2.97. The van der Waals surface area contributed by atoms with Gasteiger partial charge in [0.2, 0.25) is 0 Å². The Morgan fingerprint density at radius 3 is 2.54 bits per heavy atom. The summed E-state index contributed by atoms with van der Waals surface area (Å²) in [6, 6.07) is 16.1. The number of aryl methyl sites for hydroxylation is 2. The predicted molar refractivity (Wildman–Crippen MR) is 101 cm³/mol. The van der Waals surface area contributed by atoms with Crippen molar-refractivity contribution in [3.63, 3.8) is 0 Å². The Morgan fingerprint density at radius 2 is 1.88 bits per heavy atom. The molecule has 1 amide bonds. The Morgan fingerprint density at radius 1 is 1.12 bits per heavy atom. The number of benzene rings is 2. The van der Waals surface area contributed by atoms with Gasteiger partial charge in [-0.1, -0.05) is 31.2 Å². The van der Waals surface area contributed by atoms with Crippen LogP contribution in [0.15, 0.2) is 53.4 Å². The molecule has 1 unspecified atom stereocenters. The van der Waals surface area contributed by atoms with Gasteiger partial charge >= 0.3 is 0 Å². The van der Waals surface area contributed by atoms with E-state index in [2.05, 4.69) is 24.4 Å². The molecule has 0 fully saturated rings. The van der Waals surface area contributed by atoms with Crippen LogP contribution in [0, 0.1) is 13.8 Å². The second-order valence-corrected chi connectivity index (χ2v) is 6.88. The third-order valence-corrected chi connectivity index (χ3v) is 4.85. The first kappa shape index (κ1) is 18.4. The van der Waals surface area contributed by atoms with E-state index >= 15 is 0 Å². The molecule has 24 heavy (non-hydrogen) atoms. The van der Waals surface area contributed by atoms with Gasteiger partial charge in [-0.25, -0.2) is 0 Å². The maximum atomic E-state index is 12.3. The zero-order chi connectivity index (χ0) is 17.4. The molecular weight excluding hydrogens is 318 g/mol. The van der Waals surface area contributed by atoms with Gasteiger partial charge in [-0.05, 0) is 55.7 Å². The summed E-state index contributed by atoms with van der Waals surface area (Å²) in [6.45, 7) is 6.70. The van der Waals surface area contributed by atoms with E-state index in [1.165, 1.54) is 16.0 Å². The average Bonchev–Trinajstić information content (AvgIpc) is 2.60. The van der Waals surface area contributed by atoms with Crippen molar-refractivity contribution in [2.24, 2.45) is 0 Å². The summed E-state index contributed by atoms with van der Waals surface area (Å²) in [4.78, 5) is 13.5. The highest BCUT2D eigenvalue weighted by atomic mass is 32.2. The van der Waals surface area contributed by atoms with Crippen LogP contribution in [0.4, 0.5) is 0 Å². The first-order chi connectivity index (χ1) is 11.6. The van der Waals surface area contributed by atoms with E-state index in [1.54, 1.807) is 11.8 Å². The fourth-order valence-corrected chi connectivity index (χ4v) is 3.04. The molecule has 1 N–H and O–H groups in total. The van der Waals surface area contributed by atoms with Crippen molar-refractivity contribution in [1.29, 1.82) is 0 Å². The molecule has 2 aromatic carbocycles. The summed E-state index contributed by atoms with van der Waals surface area (Å²) in [7, 11) is 0. The minimum absolute atomic E-state index is 0.0515. The maximum Gasteiger partial charge on any atom is 0.261 e. The van der Waals surface area contributed by atoms with Crippen LogP contribution in [0.5, 0.6) is 5.75 Å². The molecule has 0 spiro atoms. The minimum atomic E-state index is -0.450. The Hall–Kier alpha value is -1.94. The van der Waals surface area contributed by atoms with Crippen LogP contribution < -0.4 is 10.1 Å². The van der Waals surface area contributed by atoms with Gasteiger partial charge in [0.1, 0.15) is 5.75 Å². The van der Waals surface area contributed by atoms with Gasteiger partial charge < -0.3 is 10.1 Å². The van der Waals surface area contributed by atoms with E-state index in [-0.39, 0.29) is 5.91 Å². The van der Waals surface area contributed by atoms with Gasteiger partial charge in [0.15, 0.2) is 6.10 Å². The number of hydrogen-bond acceptors (Lipinski definition) is 3. The van der Waals surface area contributed by atoms with Gasteiger partial charge in [-0.2, -0.15) is 0 Å². The fraction of sp³-hybridized carbons (Fsp3) is 0.350. The normalized spacial score (nSPS) is 11.8. The van der Waals surface area contributed by atoms with Gasteiger partial charge in [0, 0.05) is 17.2 Å². The fourth-order valence-electron chi connectivity index (χ4n) is 2.25. The highest BCUT2D eigenvalue weighted by molar-refractivity contribution is 7.99. The zero-order valence-corrected chi connectivity index (χ0v) is 15.4. The van der Waals surface area contributed by atoms with Crippen molar-refractivity contribution in [2.75, 3.05) is 12.3 Å². The molecule has 1 atom stereocenters. The Bertz CT molecular complexity index is 658. The smallest absolute Gasteiger partial charge is 0.261 e. The summed E-state index contributed by atoms with van der Waals surface area (Å²) in [6.07, 6.45) is 0.193. The van der Waals surface area contributed by atoms with Gasteiger partial charge in [0.05, 0.1) is 0 Å². The van der Waals surface area contributed by atoms with E-state index in [1.807, 2.05) is 50.2 Å². The largest absolute Gasteiger partial charge is 0.481 e. The lowest BCUT2D eigenvalue weighted by Crippen LogP contribution is -2.39. The molecule has 0 saturated heterocycles. The molecule has 0 aromatic heterocycles. The summed E-state index contributed by atoms with van der Waals surface area (Å²) in [5.74, 6) is 1.54. The molecule has 0 aliphatic heterocycles. The van der Waals surface area contributed by atoms with Crippen LogP contribution >= 0.6 is 11.8 Å². The van der Waals surface area contributed by atoms with Crippen LogP contribution in [-0.2, 0) is 4.79 Å². The van der Waals surface area contributed by atoms with Gasteiger partial charge in [-0.15, -0.1) is 11.8 Å². The highest BCUT2D eigenvalue weighted by Crippen LogP contribution is 2.19. The first-order valence-corrected chi connectivity index (χ1v) is 9.28. The molecule has 2 rings (SSSR count). The first-order valence-electron chi connectivity index (χ1n) is 8.29. The van der Waals surface area contributed by atoms with Crippen LogP contribution in [0.2, 0.25) is 0 Å². The van der Waals surface area contributed by atoms with Crippen molar-refractivity contribution < 1.29 is 9.53 Å². The lowest BCUT2D eigenvalue weighted by Gasteiger charge is -2.18. The Balaban J connectivity index is 1.79. The van der Waals surface area contributed by atoms with Gasteiger partial charge in [-0.3, -0.25) is 4.79 Å². The molecule has 4 heteroatoms.